The standard InChI is InChI=1S/C13H12BrN3O2/c1-9-2-3-13(17(18)19)12(4-9)16-7-10-5-11(14)8-15-6-10/h2-6,8,16H,7H2,1H3. The molecule has 0 atom stereocenters. The number of nitrogens with one attached hydrogen (secondary N) is 1. The number of aryl methyl sites for hydroxylation is 1. The number of aromatic nitrogens is 1. The van der Waals surface area contributed by atoms with E-state index in [0.29, 0.717) is 12.2 Å². The van der Waals surface area contributed by atoms with Crippen LogP contribution in [0.25, 0.3) is 0 Å². The summed E-state index contributed by atoms with van der Waals surface area (Å²) in [5.41, 5.74) is 2.52. The zero-order chi connectivity index (χ0) is 13.8. The summed E-state index contributed by atoms with van der Waals surface area (Å²) in [5, 5.41) is 14.0. The van der Waals surface area contributed by atoms with Gasteiger partial charge in [0.05, 0.1) is 4.92 Å². The molecule has 0 aliphatic heterocycles. The first-order valence-corrected chi connectivity index (χ1v) is 6.44. The lowest BCUT2D eigenvalue weighted by molar-refractivity contribution is -0.384. The molecule has 0 unspecified atom stereocenters. The summed E-state index contributed by atoms with van der Waals surface area (Å²) in [5.74, 6) is 0. The van der Waals surface area contributed by atoms with Gasteiger partial charge in [-0.1, -0.05) is 6.07 Å². The van der Waals surface area contributed by atoms with E-state index in [9.17, 15) is 10.1 Å². The number of nitrogens with zero attached hydrogens (tertiary/aromatic N) is 2. The highest BCUT2D eigenvalue weighted by Gasteiger charge is 2.12. The molecule has 98 valence electrons. The van der Waals surface area contributed by atoms with Crippen LogP contribution >= 0.6 is 15.9 Å². The predicted octanol–water partition coefficient (Wildman–Crippen LogP) is 3.67. The molecule has 1 heterocycles. The van der Waals surface area contributed by atoms with Crippen LogP contribution < -0.4 is 5.32 Å². The third kappa shape index (κ3) is 3.51. The Hall–Kier alpha value is -1.95. The Labute approximate surface area is 119 Å². The number of halogens is 1. The summed E-state index contributed by atoms with van der Waals surface area (Å²) >= 11 is 3.34. The summed E-state index contributed by atoms with van der Waals surface area (Å²) < 4.78 is 0.880. The molecule has 2 aromatic rings. The van der Waals surface area contributed by atoms with Crippen LogP contribution in [0.2, 0.25) is 0 Å². The molecule has 0 spiro atoms. The van der Waals surface area contributed by atoms with Gasteiger partial charge in [0.25, 0.3) is 5.69 Å². The second-order valence-corrected chi connectivity index (χ2v) is 5.06. The van der Waals surface area contributed by atoms with Gasteiger partial charge < -0.3 is 5.32 Å². The Bertz CT molecular complexity index is 617. The third-order valence-electron chi connectivity index (χ3n) is 2.59. The molecule has 0 aliphatic rings. The quantitative estimate of drug-likeness (QED) is 0.689. The van der Waals surface area contributed by atoms with Crippen molar-refractivity contribution in [1.82, 2.24) is 4.98 Å². The van der Waals surface area contributed by atoms with Crippen molar-refractivity contribution < 1.29 is 4.92 Å². The van der Waals surface area contributed by atoms with Crippen LogP contribution in [0.1, 0.15) is 11.1 Å². The first-order chi connectivity index (χ1) is 9.06. The highest BCUT2D eigenvalue weighted by atomic mass is 79.9. The lowest BCUT2D eigenvalue weighted by Gasteiger charge is -2.08. The Balaban J connectivity index is 2.19. The zero-order valence-electron chi connectivity index (χ0n) is 10.3. The molecule has 0 aliphatic carbocycles. The summed E-state index contributed by atoms with van der Waals surface area (Å²) in [4.78, 5) is 14.6. The number of hydrogen-bond donors (Lipinski definition) is 1. The molecule has 6 heteroatoms. The van der Waals surface area contributed by atoms with Crippen molar-refractivity contribution in [2.75, 3.05) is 5.32 Å². The van der Waals surface area contributed by atoms with E-state index < -0.39 is 0 Å². The molecule has 0 amide bonds. The maximum atomic E-state index is 10.9. The number of pyridine rings is 1. The monoisotopic (exact) mass is 321 g/mol. The minimum absolute atomic E-state index is 0.0774. The van der Waals surface area contributed by atoms with Gasteiger partial charge >= 0.3 is 0 Å². The van der Waals surface area contributed by atoms with E-state index >= 15 is 0 Å². The number of benzene rings is 1. The summed E-state index contributed by atoms with van der Waals surface area (Å²) in [7, 11) is 0. The minimum atomic E-state index is -0.388. The second kappa shape index (κ2) is 5.79. The molecule has 19 heavy (non-hydrogen) atoms. The molecule has 5 nitrogen and oxygen atoms in total. The van der Waals surface area contributed by atoms with Gasteiger partial charge in [0, 0.05) is 29.5 Å². The molecule has 0 saturated carbocycles. The topological polar surface area (TPSA) is 68.1 Å². The molecule has 0 radical (unpaired) electrons. The molecule has 1 aromatic carbocycles. The summed E-state index contributed by atoms with van der Waals surface area (Å²) in [6.45, 7) is 2.38. The van der Waals surface area contributed by atoms with Crippen LogP contribution in [0.3, 0.4) is 0 Å². The fraction of sp³-hybridized carbons (Fsp3) is 0.154. The lowest BCUT2D eigenvalue weighted by atomic mass is 10.2. The van der Waals surface area contributed by atoms with E-state index in [1.807, 2.05) is 13.0 Å². The van der Waals surface area contributed by atoms with Gasteiger partial charge in [-0.15, -0.1) is 0 Å². The Morgan fingerprint density at radius 1 is 1.37 bits per heavy atom. The van der Waals surface area contributed by atoms with E-state index in [1.165, 1.54) is 6.07 Å². The van der Waals surface area contributed by atoms with Crippen molar-refractivity contribution in [3.05, 3.63) is 62.4 Å². The number of nitro groups is 1. The third-order valence-corrected chi connectivity index (χ3v) is 3.03. The average molecular weight is 322 g/mol. The van der Waals surface area contributed by atoms with Gasteiger partial charge in [0.15, 0.2) is 0 Å². The van der Waals surface area contributed by atoms with Gasteiger partial charge in [-0.25, -0.2) is 0 Å². The van der Waals surface area contributed by atoms with E-state index in [2.05, 4.69) is 26.2 Å². The number of anilines is 1. The zero-order valence-corrected chi connectivity index (χ0v) is 11.8. The van der Waals surface area contributed by atoms with E-state index in [0.717, 1.165) is 15.6 Å². The van der Waals surface area contributed by atoms with Crippen LogP contribution in [0.4, 0.5) is 11.4 Å². The maximum Gasteiger partial charge on any atom is 0.292 e. The SMILES string of the molecule is Cc1ccc([N+](=O)[O-])c(NCc2cncc(Br)c2)c1. The van der Waals surface area contributed by atoms with Crippen molar-refractivity contribution in [3.8, 4) is 0 Å². The minimum Gasteiger partial charge on any atom is -0.375 e. The Morgan fingerprint density at radius 3 is 2.84 bits per heavy atom. The van der Waals surface area contributed by atoms with Crippen LogP contribution in [0.15, 0.2) is 41.1 Å². The average Bonchev–Trinajstić information content (AvgIpc) is 2.36. The highest BCUT2D eigenvalue weighted by Crippen LogP contribution is 2.25. The Morgan fingerprint density at radius 2 is 2.16 bits per heavy atom. The molecule has 0 bridgehead atoms. The number of nitro benzene ring substituents is 1. The van der Waals surface area contributed by atoms with Crippen LogP contribution in [-0.2, 0) is 6.54 Å². The van der Waals surface area contributed by atoms with Crippen molar-refractivity contribution in [1.29, 1.82) is 0 Å². The van der Waals surface area contributed by atoms with Gasteiger partial charge in [0.1, 0.15) is 5.69 Å². The predicted molar refractivity (Wildman–Crippen MR) is 77.1 cm³/mol. The van der Waals surface area contributed by atoms with E-state index in [-0.39, 0.29) is 10.6 Å². The molecule has 2 rings (SSSR count). The van der Waals surface area contributed by atoms with E-state index in [4.69, 9.17) is 0 Å². The van der Waals surface area contributed by atoms with Crippen molar-refractivity contribution in [2.45, 2.75) is 13.5 Å². The summed E-state index contributed by atoms with van der Waals surface area (Å²) in [6.07, 6.45) is 3.41. The first kappa shape index (κ1) is 13.5. The van der Waals surface area contributed by atoms with Crippen LogP contribution in [-0.4, -0.2) is 9.91 Å². The van der Waals surface area contributed by atoms with Gasteiger partial charge in [-0.3, -0.25) is 15.1 Å². The highest BCUT2D eigenvalue weighted by molar-refractivity contribution is 9.10. The van der Waals surface area contributed by atoms with Crippen molar-refractivity contribution in [2.24, 2.45) is 0 Å². The normalized spacial score (nSPS) is 10.2. The lowest BCUT2D eigenvalue weighted by Crippen LogP contribution is -2.03. The Kier molecular flexibility index (Phi) is 4.11. The van der Waals surface area contributed by atoms with Crippen LogP contribution in [0, 0.1) is 17.0 Å². The van der Waals surface area contributed by atoms with E-state index in [1.54, 1.807) is 24.5 Å². The molecule has 0 saturated heterocycles. The summed E-state index contributed by atoms with van der Waals surface area (Å²) in [6, 6.07) is 6.92. The fourth-order valence-electron chi connectivity index (χ4n) is 1.70. The van der Waals surface area contributed by atoms with Gasteiger partial charge in [-0.2, -0.15) is 0 Å². The second-order valence-electron chi connectivity index (χ2n) is 4.14. The van der Waals surface area contributed by atoms with Crippen molar-refractivity contribution >= 4 is 27.3 Å². The van der Waals surface area contributed by atoms with Crippen molar-refractivity contribution in [3.63, 3.8) is 0 Å². The molecule has 0 fully saturated rings. The fourth-order valence-corrected chi connectivity index (χ4v) is 2.11. The molecular formula is C13H12BrN3O2. The first-order valence-electron chi connectivity index (χ1n) is 5.64. The van der Waals surface area contributed by atoms with Crippen LogP contribution in [0.5, 0.6) is 0 Å². The smallest absolute Gasteiger partial charge is 0.292 e. The number of rotatable bonds is 4. The number of hydrogen-bond acceptors (Lipinski definition) is 4. The molecule has 1 aromatic heterocycles. The largest absolute Gasteiger partial charge is 0.375 e. The van der Waals surface area contributed by atoms with Gasteiger partial charge in [-0.05, 0) is 46.1 Å². The maximum absolute atomic E-state index is 10.9. The molecule has 1 N–H and O–H groups in total. The molecular weight excluding hydrogens is 310 g/mol. The van der Waals surface area contributed by atoms with Gasteiger partial charge in [0.2, 0.25) is 0 Å².